The zero-order valence-electron chi connectivity index (χ0n) is 17.7. The van der Waals surface area contributed by atoms with Crippen molar-refractivity contribution < 1.29 is 9.13 Å². The third-order valence-electron chi connectivity index (χ3n) is 5.40. The molecular formula is C26H31ClFNO. The van der Waals surface area contributed by atoms with E-state index in [4.69, 9.17) is 16.3 Å². The Bertz CT molecular complexity index is 943. The van der Waals surface area contributed by atoms with Gasteiger partial charge in [-0.25, -0.2) is 4.39 Å². The van der Waals surface area contributed by atoms with Gasteiger partial charge >= 0.3 is 0 Å². The zero-order valence-corrected chi connectivity index (χ0v) is 18.5. The molecule has 0 fully saturated rings. The number of hydrogen-bond donors (Lipinski definition) is 1. The van der Waals surface area contributed by atoms with Crippen molar-refractivity contribution >= 4 is 22.4 Å². The fourth-order valence-corrected chi connectivity index (χ4v) is 3.89. The van der Waals surface area contributed by atoms with Crippen LogP contribution in [0.25, 0.3) is 10.8 Å². The van der Waals surface area contributed by atoms with E-state index in [0.717, 1.165) is 30.0 Å². The van der Waals surface area contributed by atoms with Gasteiger partial charge in [-0.05, 0) is 41.9 Å². The molecule has 0 aromatic heterocycles. The lowest BCUT2D eigenvalue weighted by atomic mass is 10.0. The maximum absolute atomic E-state index is 13.3. The van der Waals surface area contributed by atoms with Gasteiger partial charge in [-0.15, -0.1) is 0 Å². The monoisotopic (exact) mass is 427 g/mol. The molecule has 4 heteroatoms. The number of hydrogen-bond acceptors (Lipinski definition) is 2. The first kappa shape index (κ1) is 22.6. The molecule has 0 saturated heterocycles. The molecule has 0 aliphatic carbocycles. The first-order valence-electron chi connectivity index (χ1n) is 11.0. The number of fused-ring (bicyclic) bond motifs is 1. The van der Waals surface area contributed by atoms with E-state index in [9.17, 15) is 4.39 Å². The minimum atomic E-state index is -0.339. The number of ether oxygens (including phenoxy) is 1. The quantitative estimate of drug-likeness (QED) is 0.299. The van der Waals surface area contributed by atoms with Crippen molar-refractivity contribution in [2.45, 2.75) is 58.6 Å². The molecule has 0 unspecified atom stereocenters. The van der Waals surface area contributed by atoms with Gasteiger partial charge in [0.15, 0.2) is 0 Å². The first-order chi connectivity index (χ1) is 14.7. The van der Waals surface area contributed by atoms with Gasteiger partial charge in [0.2, 0.25) is 0 Å². The lowest BCUT2D eigenvalue weighted by Crippen LogP contribution is -2.16. The largest absolute Gasteiger partial charge is 0.488 e. The Morgan fingerprint density at radius 1 is 0.933 bits per heavy atom. The van der Waals surface area contributed by atoms with E-state index >= 15 is 0 Å². The lowest BCUT2D eigenvalue weighted by Gasteiger charge is -2.16. The summed E-state index contributed by atoms with van der Waals surface area (Å²) in [4.78, 5) is 0. The van der Waals surface area contributed by atoms with Crippen molar-refractivity contribution in [3.8, 4) is 5.75 Å². The molecule has 0 spiro atoms. The minimum absolute atomic E-state index is 0.307. The summed E-state index contributed by atoms with van der Waals surface area (Å²) < 4.78 is 19.4. The van der Waals surface area contributed by atoms with Crippen LogP contribution in [0.2, 0.25) is 5.02 Å². The molecule has 0 aliphatic heterocycles. The molecule has 0 atom stereocenters. The molecule has 1 N–H and O–H groups in total. The summed E-state index contributed by atoms with van der Waals surface area (Å²) in [7, 11) is 0. The van der Waals surface area contributed by atoms with Crippen molar-refractivity contribution in [3.63, 3.8) is 0 Å². The van der Waals surface area contributed by atoms with Gasteiger partial charge in [0.1, 0.15) is 18.2 Å². The molecule has 30 heavy (non-hydrogen) atoms. The van der Waals surface area contributed by atoms with Crippen LogP contribution in [0.3, 0.4) is 0 Å². The van der Waals surface area contributed by atoms with E-state index in [1.165, 1.54) is 61.4 Å². The second kappa shape index (κ2) is 11.9. The highest BCUT2D eigenvalue weighted by molar-refractivity contribution is 6.31. The maximum Gasteiger partial charge on any atom is 0.124 e. The fourth-order valence-electron chi connectivity index (χ4n) is 3.67. The van der Waals surface area contributed by atoms with Crippen LogP contribution in [0.5, 0.6) is 5.75 Å². The van der Waals surface area contributed by atoms with E-state index in [0.29, 0.717) is 11.6 Å². The topological polar surface area (TPSA) is 21.3 Å². The summed E-state index contributed by atoms with van der Waals surface area (Å²) in [6.07, 6.45) is 7.73. The van der Waals surface area contributed by atoms with E-state index in [1.807, 2.05) is 6.07 Å². The molecule has 0 heterocycles. The minimum Gasteiger partial charge on any atom is -0.488 e. The van der Waals surface area contributed by atoms with Gasteiger partial charge in [-0.3, -0.25) is 0 Å². The SMILES string of the molecule is CCCCCCCCNCc1c(OCc2ccc(F)cc2Cl)ccc2ccccc12. The average molecular weight is 428 g/mol. The maximum atomic E-state index is 13.3. The van der Waals surface area contributed by atoms with E-state index in [1.54, 1.807) is 6.07 Å². The fraction of sp³-hybridized carbons (Fsp3) is 0.385. The summed E-state index contributed by atoms with van der Waals surface area (Å²) in [5, 5.41) is 6.36. The second-order valence-electron chi connectivity index (χ2n) is 7.73. The molecule has 0 amide bonds. The van der Waals surface area contributed by atoms with Crippen LogP contribution in [0.1, 0.15) is 56.6 Å². The number of unbranched alkanes of at least 4 members (excludes halogenated alkanes) is 5. The zero-order chi connectivity index (χ0) is 21.2. The van der Waals surface area contributed by atoms with Crippen LogP contribution < -0.4 is 10.1 Å². The molecule has 0 bridgehead atoms. The molecule has 0 aliphatic rings. The Kier molecular flexibility index (Phi) is 8.98. The van der Waals surface area contributed by atoms with Gasteiger partial charge in [-0.1, -0.05) is 87.0 Å². The molecular weight excluding hydrogens is 397 g/mol. The molecule has 0 radical (unpaired) electrons. The number of rotatable bonds is 12. The third-order valence-corrected chi connectivity index (χ3v) is 5.76. The van der Waals surface area contributed by atoms with E-state index < -0.39 is 0 Å². The Labute approximate surface area is 184 Å². The number of benzene rings is 3. The van der Waals surface area contributed by atoms with Crippen LogP contribution in [-0.4, -0.2) is 6.54 Å². The first-order valence-corrected chi connectivity index (χ1v) is 11.3. The van der Waals surface area contributed by atoms with Gasteiger partial charge in [-0.2, -0.15) is 0 Å². The highest BCUT2D eigenvalue weighted by Gasteiger charge is 2.10. The average Bonchev–Trinajstić information content (AvgIpc) is 2.75. The Morgan fingerprint density at radius 3 is 2.57 bits per heavy atom. The Morgan fingerprint density at radius 2 is 1.73 bits per heavy atom. The van der Waals surface area contributed by atoms with Crippen LogP contribution in [0, 0.1) is 5.82 Å². The Hall–Kier alpha value is -2.10. The van der Waals surface area contributed by atoms with Crippen molar-refractivity contribution in [1.29, 1.82) is 0 Å². The Balaban J connectivity index is 1.65. The van der Waals surface area contributed by atoms with Crippen LogP contribution in [0.15, 0.2) is 54.6 Å². The second-order valence-corrected chi connectivity index (χ2v) is 8.14. The van der Waals surface area contributed by atoms with Crippen molar-refractivity contribution in [2.24, 2.45) is 0 Å². The molecule has 3 aromatic rings. The van der Waals surface area contributed by atoms with Crippen LogP contribution in [-0.2, 0) is 13.2 Å². The standard InChI is InChI=1S/C26H31ClFNO/c1-2-3-4-5-6-9-16-29-18-24-23-11-8-7-10-20(23)13-15-26(24)30-19-21-12-14-22(28)17-25(21)27/h7-8,10-15,17,29H,2-6,9,16,18-19H2,1H3. The summed E-state index contributed by atoms with van der Waals surface area (Å²) in [6, 6.07) is 16.9. The van der Waals surface area contributed by atoms with Gasteiger partial charge < -0.3 is 10.1 Å². The molecule has 3 rings (SSSR count). The van der Waals surface area contributed by atoms with Crippen molar-refractivity contribution in [2.75, 3.05) is 6.54 Å². The van der Waals surface area contributed by atoms with Crippen LogP contribution in [0.4, 0.5) is 4.39 Å². The summed E-state index contributed by atoms with van der Waals surface area (Å²) >= 11 is 6.16. The number of nitrogens with one attached hydrogen (secondary N) is 1. The summed E-state index contributed by atoms with van der Waals surface area (Å²) in [5.74, 6) is 0.499. The normalized spacial score (nSPS) is 11.2. The summed E-state index contributed by atoms with van der Waals surface area (Å²) in [6.45, 7) is 4.30. The lowest BCUT2D eigenvalue weighted by molar-refractivity contribution is 0.302. The molecule has 3 aromatic carbocycles. The van der Waals surface area contributed by atoms with Gasteiger partial charge in [0, 0.05) is 17.7 Å². The highest BCUT2D eigenvalue weighted by Crippen LogP contribution is 2.29. The highest BCUT2D eigenvalue weighted by atomic mass is 35.5. The van der Waals surface area contributed by atoms with E-state index in [2.05, 4.69) is 42.6 Å². The predicted molar refractivity (Wildman–Crippen MR) is 125 cm³/mol. The van der Waals surface area contributed by atoms with Gasteiger partial charge in [0.05, 0.1) is 5.02 Å². The molecule has 0 saturated carbocycles. The smallest absolute Gasteiger partial charge is 0.124 e. The van der Waals surface area contributed by atoms with E-state index in [-0.39, 0.29) is 5.82 Å². The molecule has 2 nitrogen and oxygen atoms in total. The van der Waals surface area contributed by atoms with Crippen LogP contribution >= 0.6 is 11.6 Å². The van der Waals surface area contributed by atoms with Crippen molar-refractivity contribution in [1.82, 2.24) is 5.32 Å². The van der Waals surface area contributed by atoms with Gasteiger partial charge in [0.25, 0.3) is 0 Å². The van der Waals surface area contributed by atoms with Crippen molar-refractivity contribution in [3.05, 3.63) is 76.6 Å². The summed E-state index contributed by atoms with van der Waals surface area (Å²) in [5.41, 5.74) is 1.93. The third kappa shape index (κ3) is 6.45. The molecule has 160 valence electrons. The predicted octanol–water partition coefficient (Wildman–Crippen LogP) is 7.66. The number of halogens is 2.